The molecule has 32 heavy (non-hydrogen) atoms. The Hall–Kier alpha value is -3.60. The van der Waals surface area contributed by atoms with Crippen LogP contribution in [0.3, 0.4) is 0 Å². The van der Waals surface area contributed by atoms with Crippen molar-refractivity contribution in [3.63, 3.8) is 0 Å². The predicted molar refractivity (Wildman–Crippen MR) is 121 cm³/mol. The Morgan fingerprint density at radius 3 is 2.75 bits per heavy atom. The number of halogens is 1. The third-order valence-electron chi connectivity index (χ3n) is 4.53. The van der Waals surface area contributed by atoms with Crippen molar-refractivity contribution >= 4 is 44.7 Å². The maximum atomic E-state index is 12.9. The molecule has 0 bridgehead atoms. The van der Waals surface area contributed by atoms with E-state index in [1.165, 1.54) is 43.1 Å². The Kier molecular flexibility index (Phi) is 6.98. The van der Waals surface area contributed by atoms with Gasteiger partial charge in [-0.05, 0) is 37.3 Å². The van der Waals surface area contributed by atoms with Crippen LogP contribution in [0.15, 0.2) is 50.8 Å². The van der Waals surface area contributed by atoms with E-state index < -0.39 is 17.0 Å². The van der Waals surface area contributed by atoms with Gasteiger partial charge in [-0.25, -0.2) is 9.78 Å². The summed E-state index contributed by atoms with van der Waals surface area (Å²) in [6.45, 7) is 3.27. The second kappa shape index (κ2) is 9.69. The van der Waals surface area contributed by atoms with Crippen molar-refractivity contribution in [1.29, 1.82) is 0 Å². The van der Waals surface area contributed by atoms with Gasteiger partial charge in [-0.3, -0.25) is 14.9 Å². The summed E-state index contributed by atoms with van der Waals surface area (Å²) in [5.41, 5.74) is 0.204. The number of ether oxygens (including phenoxy) is 2. The normalized spacial score (nSPS) is 12.1. The summed E-state index contributed by atoms with van der Waals surface area (Å²) in [6.07, 6.45) is 0.760. The number of methoxy groups -OCH3 is 1. The zero-order valence-electron chi connectivity index (χ0n) is 17.4. The van der Waals surface area contributed by atoms with Crippen molar-refractivity contribution in [2.24, 2.45) is 5.10 Å². The van der Waals surface area contributed by atoms with E-state index in [0.29, 0.717) is 28.7 Å². The number of carbonyl (C=O) groups excluding carboxylic acids is 1. The van der Waals surface area contributed by atoms with E-state index in [9.17, 15) is 19.7 Å². The van der Waals surface area contributed by atoms with Gasteiger partial charge < -0.3 is 9.47 Å². The summed E-state index contributed by atoms with van der Waals surface area (Å²) in [7, 11) is 1.20. The Morgan fingerprint density at radius 1 is 1.34 bits per heavy atom. The lowest BCUT2D eigenvalue weighted by Crippen LogP contribution is -2.25. The molecule has 1 aromatic heterocycles. The fraction of sp³-hybridized carbons (Fsp3) is 0.238. The fourth-order valence-corrected chi connectivity index (χ4v) is 3.29. The molecule has 166 valence electrons. The van der Waals surface area contributed by atoms with Crippen molar-refractivity contribution in [3.05, 3.63) is 72.7 Å². The maximum absolute atomic E-state index is 12.9. The van der Waals surface area contributed by atoms with Gasteiger partial charge in [0, 0.05) is 22.5 Å². The lowest BCUT2D eigenvalue weighted by atomic mass is 10.2. The van der Waals surface area contributed by atoms with E-state index >= 15 is 0 Å². The molecule has 0 aliphatic rings. The Balaban J connectivity index is 2.01. The van der Waals surface area contributed by atoms with E-state index in [4.69, 9.17) is 4.74 Å². The molecule has 0 N–H and O–H groups in total. The molecule has 11 heteroatoms. The van der Waals surface area contributed by atoms with Crippen LogP contribution in [0.25, 0.3) is 10.9 Å². The first-order chi connectivity index (χ1) is 15.2. The van der Waals surface area contributed by atoms with Gasteiger partial charge in [0.2, 0.25) is 0 Å². The summed E-state index contributed by atoms with van der Waals surface area (Å²) in [6, 6.07) is 9.33. The van der Waals surface area contributed by atoms with E-state index in [1.54, 1.807) is 18.2 Å². The molecule has 3 rings (SSSR count). The minimum Gasteiger partial charge on any atom is -0.472 e. The number of hydrogen-bond acceptors (Lipinski definition) is 8. The quantitative estimate of drug-likeness (QED) is 0.209. The molecule has 0 aliphatic heterocycles. The second-order valence-corrected chi connectivity index (χ2v) is 7.59. The number of rotatable bonds is 7. The lowest BCUT2D eigenvalue weighted by molar-refractivity contribution is -0.386. The molecule has 0 amide bonds. The van der Waals surface area contributed by atoms with Crippen LogP contribution in [0.5, 0.6) is 5.75 Å². The van der Waals surface area contributed by atoms with E-state index in [1.807, 2.05) is 6.92 Å². The highest BCUT2D eigenvalue weighted by atomic mass is 79.9. The molecule has 2 aromatic carbocycles. The third-order valence-corrected chi connectivity index (χ3v) is 5.02. The van der Waals surface area contributed by atoms with Gasteiger partial charge >= 0.3 is 11.7 Å². The molecule has 0 aliphatic carbocycles. The number of fused-ring (bicyclic) bond motifs is 1. The predicted octanol–water partition coefficient (Wildman–Crippen LogP) is 3.45. The minimum atomic E-state index is -1.02. The number of nitrogens with zero attached hydrogens (tertiary/aromatic N) is 4. The van der Waals surface area contributed by atoms with Gasteiger partial charge in [-0.1, -0.05) is 22.9 Å². The first kappa shape index (κ1) is 23.1. The van der Waals surface area contributed by atoms with Gasteiger partial charge in [-0.15, -0.1) is 0 Å². The first-order valence-corrected chi connectivity index (χ1v) is 10.3. The average Bonchev–Trinajstić information content (AvgIpc) is 2.78. The van der Waals surface area contributed by atoms with Crippen LogP contribution < -0.4 is 10.3 Å². The number of esters is 1. The third kappa shape index (κ3) is 4.83. The summed E-state index contributed by atoms with van der Waals surface area (Å²) < 4.78 is 11.8. The molecule has 0 fully saturated rings. The number of aryl methyl sites for hydroxylation is 1. The van der Waals surface area contributed by atoms with Gasteiger partial charge in [0.1, 0.15) is 5.82 Å². The van der Waals surface area contributed by atoms with Crippen LogP contribution in [-0.2, 0) is 16.0 Å². The van der Waals surface area contributed by atoms with Gasteiger partial charge in [0.05, 0.1) is 29.2 Å². The van der Waals surface area contributed by atoms with Crippen LogP contribution in [0, 0.1) is 10.1 Å². The number of nitro groups is 1. The highest BCUT2D eigenvalue weighted by Gasteiger charge is 2.22. The van der Waals surface area contributed by atoms with E-state index in [2.05, 4.69) is 30.8 Å². The van der Waals surface area contributed by atoms with Gasteiger partial charge in [0.25, 0.3) is 5.56 Å². The maximum Gasteiger partial charge on any atom is 0.346 e. The molecule has 0 saturated carbocycles. The highest BCUT2D eigenvalue weighted by Crippen LogP contribution is 2.28. The molecule has 0 radical (unpaired) electrons. The summed E-state index contributed by atoms with van der Waals surface area (Å²) in [5, 5.41) is 16.1. The summed E-state index contributed by atoms with van der Waals surface area (Å²) in [5.74, 6) is -0.303. The number of carbonyl (C=O) groups is 1. The zero-order valence-corrected chi connectivity index (χ0v) is 19.0. The van der Waals surface area contributed by atoms with Crippen LogP contribution in [0.1, 0.15) is 25.2 Å². The molecular weight excluding hydrogens is 484 g/mol. The number of benzene rings is 2. The number of hydrogen-bond donors (Lipinski definition) is 0. The smallest absolute Gasteiger partial charge is 0.346 e. The lowest BCUT2D eigenvalue weighted by Gasteiger charge is -2.12. The first-order valence-electron chi connectivity index (χ1n) is 9.53. The Bertz CT molecular complexity index is 1290. The van der Waals surface area contributed by atoms with Crippen LogP contribution in [-0.4, -0.2) is 40.0 Å². The largest absolute Gasteiger partial charge is 0.472 e. The molecule has 0 saturated heterocycles. The molecule has 1 heterocycles. The molecular formula is C21H19BrN4O6. The average molecular weight is 503 g/mol. The molecule has 10 nitrogen and oxygen atoms in total. The van der Waals surface area contributed by atoms with Crippen LogP contribution in [0.4, 0.5) is 5.69 Å². The number of nitro benzene ring substituents is 1. The Labute approximate surface area is 190 Å². The van der Waals surface area contributed by atoms with Crippen molar-refractivity contribution in [2.75, 3.05) is 7.11 Å². The Morgan fingerprint density at radius 2 is 2.09 bits per heavy atom. The standard InChI is InChI=1S/C21H19BrN4O6/c1-4-19-24-16-7-6-14(22)10-15(16)20(27)25(19)23-11-13-5-8-18(17(9-13)26(29)30)32-12(2)21(28)31-3/h5-12H,4H2,1-3H3/t12-/m0/s1. The van der Waals surface area contributed by atoms with Crippen LogP contribution >= 0.6 is 15.9 Å². The molecule has 0 spiro atoms. The molecule has 3 aromatic rings. The summed E-state index contributed by atoms with van der Waals surface area (Å²) >= 11 is 3.34. The molecule has 1 atom stereocenters. The van der Waals surface area contributed by atoms with E-state index in [0.717, 1.165) is 4.47 Å². The van der Waals surface area contributed by atoms with Gasteiger partial charge in [-0.2, -0.15) is 9.78 Å². The van der Waals surface area contributed by atoms with Crippen molar-refractivity contribution < 1.29 is 19.2 Å². The topological polar surface area (TPSA) is 126 Å². The second-order valence-electron chi connectivity index (χ2n) is 6.67. The van der Waals surface area contributed by atoms with Crippen molar-refractivity contribution in [3.8, 4) is 5.75 Å². The summed E-state index contributed by atoms with van der Waals surface area (Å²) in [4.78, 5) is 39.8. The number of aromatic nitrogens is 2. The fourth-order valence-electron chi connectivity index (χ4n) is 2.93. The molecule has 0 unspecified atom stereocenters. The van der Waals surface area contributed by atoms with Crippen molar-refractivity contribution in [2.45, 2.75) is 26.4 Å². The zero-order chi connectivity index (χ0) is 23.4. The van der Waals surface area contributed by atoms with Gasteiger partial charge in [0.15, 0.2) is 11.9 Å². The van der Waals surface area contributed by atoms with Crippen LogP contribution in [0.2, 0.25) is 0 Å². The van der Waals surface area contributed by atoms with Crippen molar-refractivity contribution in [1.82, 2.24) is 9.66 Å². The monoisotopic (exact) mass is 502 g/mol. The SMILES string of the molecule is CCc1nc2ccc(Br)cc2c(=O)n1N=Cc1ccc(O[C@@H](C)C(=O)OC)c([N+](=O)[O-])c1. The highest BCUT2D eigenvalue weighted by molar-refractivity contribution is 9.10. The van der Waals surface area contributed by atoms with E-state index in [-0.39, 0.29) is 17.0 Å². The minimum absolute atomic E-state index is 0.0892.